The molecule has 0 spiro atoms. The maximum absolute atomic E-state index is 13.8. The number of phenolic OH excluding ortho intramolecular Hbond substituents is 1. The molecule has 0 radical (unpaired) electrons. The number of carbonyl (C=O) groups excluding carboxylic acids is 1. The lowest BCUT2D eigenvalue weighted by Gasteiger charge is -2.17. The van der Waals surface area contributed by atoms with E-state index in [2.05, 4.69) is 0 Å². The first-order chi connectivity index (χ1) is 10.1. The summed E-state index contributed by atoms with van der Waals surface area (Å²) >= 11 is 0. The molecule has 4 nitrogen and oxygen atoms in total. The van der Waals surface area contributed by atoms with Crippen molar-refractivity contribution in [3.63, 3.8) is 0 Å². The van der Waals surface area contributed by atoms with Gasteiger partial charge in [0.2, 0.25) is 0 Å². The molecule has 0 fully saturated rings. The lowest BCUT2D eigenvalue weighted by molar-refractivity contribution is -0.143. The molecule has 1 N–H and O–H groups in total. The molecular weight excluding hydrogens is 275 g/mol. The first-order valence-electron chi connectivity index (χ1n) is 6.36. The number of ether oxygens (including phenoxy) is 2. The average molecular weight is 290 g/mol. The summed E-state index contributed by atoms with van der Waals surface area (Å²) in [6.07, 6.45) is 0. The molecule has 1 unspecified atom stereocenters. The number of phenols is 1. The number of rotatable bonds is 5. The van der Waals surface area contributed by atoms with Crippen LogP contribution < -0.4 is 4.74 Å². The van der Waals surface area contributed by atoms with Gasteiger partial charge < -0.3 is 14.6 Å². The van der Waals surface area contributed by atoms with Crippen LogP contribution in [-0.2, 0) is 9.53 Å². The van der Waals surface area contributed by atoms with Crippen LogP contribution in [0.1, 0.15) is 11.5 Å². The minimum atomic E-state index is -0.907. The van der Waals surface area contributed by atoms with Crippen LogP contribution in [0.2, 0.25) is 0 Å². The Hall–Kier alpha value is -2.56. The third kappa shape index (κ3) is 3.51. The summed E-state index contributed by atoms with van der Waals surface area (Å²) in [6.45, 7) is -0.134. The highest BCUT2D eigenvalue weighted by atomic mass is 19.1. The predicted molar refractivity (Wildman–Crippen MR) is 74.8 cm³/mol. The number of hydrogen-bond donors (Lipinski definition) is 1. The van der Waals surface area contributed by atoms with Crippen molar-refractivity contribution in [2.24, 2.45) is 0 Å². The minimum absolute atomic E-state index is 0.0466. The van der Waals surface area contributed by atoms with Gasteiger partial charge in [-0.2, -0.15) is 0 Å². The van der Waals surface area contributed by atoms with Crippen LogP contribution in [0.3, 0.4) is 0 Å². The summed E-state index contributed by atoms with van der Waals surface area (Å²) in [7, 11) is 1.23. The van der Waals surface area contributed by atoms with Gasteiger partial charge in [0, 0.05) is 5.56 Å². The SMILES string of the molecule is COC(=O)C(COc1ccccc1O)c1ccccc1F. The number of carbonyl (C=O) groups is 1. The molecule has 2 aromatic rings. The van der Waals surface area contributed by atoms with Crippen molar-refractivity contribution in [1.29, 1.82) is 0 Å². The summed E-state index contributed by atoms with van der Waals surface area (Å²) < 4.78 is 23.9. The summed E-state index contributed by atoms with van der Waals surface area (Å²) in [4.78, 5) is 11.8. The van der Waals surface area contributed by atoms with E-state index in [1.807, 2.05) is 0 Å². The average Bonchev–Trinajstić information content (AvgIpc) is 2.50. The highest BCUT2D eigenvalue weighted by Crippen LogP contribution is 2.27. The van der Waals surface area contributed by atoms with Crippen LogP contribution in [0.15, 0.2) is 48.5 Å². The molecule has 110 valence electrons. The largest absolute Gasteiger partial charge is 0.504 e. The molecule has 0 heterocycles. The van der Waals surface area contributed by atoms with Gasteiger partial charge in [0.05, 0.1) is 7.11 Å². The summed E-state index contributed by atoms with van der Waals surface area (Å²) in [5.41, 5.74) is 0.194. The van der Waals surface area contributed by atoms with Crippen molar-refractivity contribution >= 4 is 5.97 Å². The Morgan fingerprint density at radius 3 is 2.52 bits per heavy atom. The number of halogens is 1. The van der Waals surface area contributed by atoms with Crippen molar-refractivity contribution in [3.05, 3.63) is 59.9 Å². The van der Waals surface area contributed by atoms with Crippen LogP contribution in [0, 0.1) is 5.82 Å². The molecule has 2 aromatic carbocycles. The molecule has 1 atom stereocenters. The van der Waals surface area contributed by atoms with E-state index in [0.29, 0.717) is 0 Å². The molecule has 0 amide bonds. The number of aromatic hydroxyl groups is 1. The van der Waals surface area contributed by atoms with Gasteiger partial charge in [-0.1, -0.05) is 30.3 Å². The molecule has 2 rings (SSSR count). The minimum Gasteiger partial charge on any atom is -0.504 e. The Kier molecular flexibility index (Phi) is 4.77. The molecule has 0 saturated carbocycles. The fourth-order valence-electron chi connectivity index (χ4n) is 1.94. The lowest BCUT2D eigenvalue weighted by atomic mass is 9.99. The maximum Gasteiger partial charge on any atom is 0.316 e. The quantitative estimate of drug-likeness (QED) is 0.860. The molecule has 0 saturated heterocycles. The molecule has 0 bridgehead atoms. The van der Waals surface area contributed by atoms with Gasteiger partial charge in [0.15, 0.2) is 11.5 Å². The summed E-state index contributed by atoms with van der Waals surface area (Å²) in [5.74, 6) is -1.84. The van der Waals surface area contributed by atoms with E-state index >= 15 is 0 Å². The Morgan fingerprint density at radius 1 is 1.19 bits per heavy atom. The number of hydrogen-bond acceptors (Lipinski definition) is 4. The summed E-state index contributed by atoms with van der Waals surface area (Å²) in [6, 6.07) is 12.3. The van der Waals surface area contributed by atoms with E-state index in [4.69, 9.17) is 9.47 Å². The van der Waals surface area contributed by atoms with E-state index in [0.717, 1.165) is 0 Å². The van der Waals surface area contributed by atoms with Gasteiger partial charge in [-0.3, -0.25) is 4.79 Å². The van der Waals surface area contributed by atoms with Crippen molar-refractivity contribution in [3.8, 4) is 11.5 Å². The predicted octanol–water partition coefficient (Wildman–Crippen LogP) is 2.87. The van der Waals surface area contributed by atoms with Gasteiger partial charge in [-0.15, -0.1) is 0 Å². The van der Waals surface area contributed by atoms with Gasteiger partial charge in [-0.25, -0.2) is 4.39 Å². The van der Waals surface area contributed by atoms with Crippen LogP contribution in [-0.4, -0.2) is 24.8 Å². The van der Waals surface area contributed by atoms with E-state index in [1.54, 1.807) is 24.3 Å². The monoisotopic (exact) mass is 290 g/mol. The fraction of sp³-hybridized carbons (Fsp3) is 0.188. The normalized spacial score (nSPS) is 11.7. The van der Waals surface area contributed by atoms with Gasteiger partial charge >= 0.3 is 5.97 Å². The third-order valence-corrected chi connectivity index (χ3v) is 3.04. The second-order valence-electron chi connectivity index (χ2n) is 4.38. The Labute approximate surface area is 121 Å². The van der Waals surface area contributed by atoms with Gasteiger partial charge in [0.25, 0.3) is 0 Å². The van der Waals surface area contributed by atoms with Crippen LogP contribution in [0.25, 0.3) is 0 Å². The Bertz CT molecular complexity index is 627. The second kappa shape index (κ2) is 6.74. The molecule has 0 aromatic heterocycles. The van der Waals surface area contributed by atoms with E-state index in [-0.39, 0.29) is 23.7 Å². The Morgan fingerprint density at radius 2 is 1.86 bits per heavy atom. The molecule has 21 heavy (non-hydrogen) atoms. The zero-order valence-electron chi connectivity index (χ0n) is 11.5. The molecular formula is C16H15FO4. The third-order valence-electron chi connectivity index (χ3n) is 3.04. The van der Waals surface area contributed by atoms with Crippen molar-refractivity contribution in [2.45, 2.75) is 5.92 Å². The van der Waals surface area contributed by atoms with Crippen LogP contribution >= 0.6 is 0 Å². The van der Waals surface area contributed by atoms with Crippen LogP contribution in [0.5, 0.6) is 11.5 Å². The summed E-state index contributed by atoms with van der Waals surface area (Å²) in [5, 5.41) is 9.63. The number of methoxy groups -OCH3 is 1. The topological polar surface area (TPSA) is 55.8 Å². The maximum atomic E-state index is 13.8. The lowest BCUT2D eigenvalue weighted by Crippen LogP contribution is -2.22. The van der Waals surface area contributed by atoms with E-state index in [9.17, 15) is 14.3 Å². The zero-order valence-corrected chi connectivity index (χ0v) is 11.5. The van der Waals surface area contributed by atoms with Gasteiger partial charge in [-0.05, 0) is 18.2 Å². The van der Waals surface area contributed by atoms with Gasteiger partial charge in [0.1, 0.15) is 18.3 Å². The van der Waals surface area contributed by atoms with Crippen molar-refractivity contribution < 1.29 is 23.8 Å². The Balaban J connectivity index is 2.21. The fourth-order valence-corrected chi connectivity index (χ4v) is 1.94. The number of esters is 1. The zero-order chi connectivity index (χ0) is 15.2. The first kappa shape index (κ1) is 14.8. The van der Waals surface area contributed by atoms with Crippen molar-refractivity contribution in [2.75, 3.05) is 13.7 Å². The van der Waals surface area contributed by atoms with E-state index in [1.165, 1.54) is 31.4 Å². The molecule has 0 aliphatic carbocycles. The van der Waals surface area contributed by atoms with E-state index < -0.39 is 17.7 Å². The van der Waals surface area contributed by atoms with Crippen molar-refractivity contribution in [1.82, 2.24) is 0 Å². The standard InChI is InChI=1S/C16H15FO4/c1-20-16(19)12(11-6-2-3-7-13(11)17)10-21-15-9-5-4-8-14(15)18/h2-9,12,18H,10H2,1H3. The smallest absolute Gasteiger partial charge is 0.316 e. The first-order valence-corrected chi connectivity index (χ1v) is 6.36. The number of para-hydroxylation sites is 2. The molecule has 5 heteroatoms. The molecule has 0 aliphatic heterocycles. The molecule has 0 aliphatic rings. The highest BCUT2D eigenvalue weighted by Gasteiger charge is 2.25. The van der Waals surface area contributed by atoms with Crippen LogP contribution in [0.4, 0.5) is 4.39 Å². The highest BCUT2D eigenvalue weighted by molar-refractivity contribution is 5.78. The second-order valence-corrected chi connectivity index (χ2v) is 4.38. The number of benzene rings is 2.